The Morgan fingerprint density at radius 3 is 2.62 bits per heavy atom. The highest BCUT2D eigenvalue weighted by Gasteiger charge is 2.49. The van der Waals surface area contributed by atoms with Crippen LogP contribution in [0.15, 0.2) is 0 Å². The molecule has 21 heavy (non-hydrogen) atoms. The molecule has 1 saturated carbocycles. The zero-order valence-electron chi connectivity index (χ0n) is 12.8. The highest BCUT2D eigenvalue weighted by atomic mass is 16.5. The lowest BCUT2D eigenvalue weighted by Gasteiger charge is -2.30. The topological polar surface area (TPSA) is 58.6 Å². The molecule has 3 unspecified atom stereocenters. The van der Waals surface area contributed by atoms with Crippen LogP contribution in [0.3, 0.4) is 0 Å². The summed E-state index contributed by atoms with van der Waals surface area (Å²) < 4.78 is 5.49. The third-order valence-electron chi connectivity index (χ3n) is 5.07. The van der Waals surface area contributed by atoms with E-state index in [9.17, 15) is 9.59 Å². The standard InChI is InChI=1S/C16H26N2O3/c1-11-4-6-18(7-5-11)16(20)14-9-13(14)15(19)17-10-12-3-2-8-21-12/h11-14H,2-10H2,1H3,(H,17,19). The van der Waals surface area contributed by atoms with E-state index < -0.39 is 0 Å². The Balaban J connectivity index is 1.40. The van der Waals surface area contributed by atoms with Crippen LogP contribution in [0.4, 0.5) is 0 Å². The van der Waals surface area contributed by atoms with E-state index in [4.69, 9.17) is 4.74 Å². The van der Waals surface area contributed by atoms with Gasteiger partial charge >= 0.3 is 0 Å². The summed E-state index contributed by atoms with van der Waals surface area (Å²) in [5, 5.41) is 2.95. The number of hydrogen-bond acceptors (Lipinski definition) is 3. The molecule has 2 amide bonds. The minimum absolute atomic E-state index is 0.0363. The Hall–Kier alpha value is -1.10. The third kappa shape index (κ3) is 3.57. The fraction of sp³-hybridized carbons (Fsp3) is 0.875. The molecule has 3 aliphatic rings. The number of carbonyl (C=O) groups is 2. The van der Waals surface area contributed by atoms with Gasteiger partial charge in [-0.25, -0.2) is 0 Å². The number of nitrogens with one attached hydrogen (secondary N) is 1. The molecular formula is C16H26N2O3. The highest BCUT2D eigenvalue weighted by Crippen LogP contribution is 2.40. The minimum atomic E-state index is -0.0988. The Kier molecular flexibility index (Phi) is 4.48. The van der Waals surface area contributed by atoms with E-state index in [0.29, 0.717) is 6.54 Å². The number of amides is 2. The summed E-state index contributed by atoms with van der Waals surface area (Å²) in [4.78, 5) is 26.4. The molecule has 118 valence electrons. The van der Waals surface area contributed by atoms with Crippen molar-refractivity contribution in [2.24, 2.45) is 17.8 Å². The number of piperidine rings is 1. The molecule has 5 nitrogen and oxygen atoms in total. The molecule has 5 heteroatoms. The Morgan fingerprint density at radius 2 is 1.95 bits per heavy atom. The summed E-state index contributed by atoms with van der Waals surface area (Å²) >= 11 is 0. The van der Waals surface area contributed by atoms with Crippen LogP contribution in [0.2, 0.25) is 0 Å². The maximum absolute atomic E-state index is 12.4. The lowest BCUT2D eigenvalue weighted by Crippen LogP contribution is -2.40. The van der Waals surface area contributed by atoms with Gasteiger partial charge in [0.05, 0.1) is 17.9 Å². The van der Waals surface area contributed by atoms with E-state index in [1.54, 1.807) is 0 Å². The predicted molar refractivity (Wildman–Crippen MR) is 78.6 cm³/mol. The van der Waals surface area contributed by atoms with Crippen molar-refractivity contribution in [1.29, 1.82) is 0 Å². The first-order valence-corrected chi connectivity index (χ1v) is 8.33. The van der Waals surface area contributed by atoms with Crippen molar-refractivity contribution in [3.63, 3.8) is 0 Å². The number of likely N-dealkylation sites (tertiary alicyclic amines) is 1. The van der Waals surface area contributed by atoms with Crippen LogP contribution in [0.5, 0.6) is 0 Å². The second-order valence-corrected chi connectivity index (χ2v) is 6.84. The molecule has 3 rings (SSSR count). The second kappa shape index (κ2) is 6.34. The Labute approximate surface area is 126 Å². The lowest BCUT2D eigenvalue weighted by atomic mass is 9.99. The number of nitrogens with zero attached hydrogens (tertiary/aromatic N) is 1. The van der Waals surface area contributed by atoms with Crippen molar-refractivity contribution in [3.8, 4) is 0 Å². The number of ether oxygens (including phenoxy) is 1. The van der Waals surface area contributed by atoms with Gasteiger partial charge in [-0.15, -0.1) is 0 Å². The molecule has 3 atom stereocenters. The van der Waals surface area contributed by atoms with Crippen LogP contribution in [0.1, 0.15) is 39.0 Å². The largest absolute Gasteiger partial charge is 0.376 e. The van der Waals surface area contributed by atoms with Gasteiger partial charge in [0, 0.05) is 26.2 Å². The van der Waals surface area contributed by atoms with Crippen LogP contribution in [0.25, 0.3) is 0 Å². The van der Waals surface area contributed by atoms with Crippen LogP contribution in [-0.2, 0) is 14.3 Å². The minimum Gasteiger partial charge on any atom is -0.376 e. The van der Waals surface area contributed by atoms with Gasteiger partial charge in [0.1, 0.15) is 0 Å². The summed E-state index contributed by atoms with van der Waals surface area (Å²) in [7, 11) is 0. The van der Waals surface area contributed by atoms with E-state index in [1.165, 1.54) is 0 Å². The molecular weight excluding hydrogens is 268 g/mol. The molecule has 2 saturated heterocycles. The maximum atomic E-state index is 12.4. The molecule has 0 spiro atoms. The fourth-order valence-corrected chi connectivity index (χ4v) is 3.37. The first-order chi connectivity index (χ1) is 10.1. The van der Waals surface area contributed by atoms with Crippen molar-refractivity contribution < 1.29 is 14.3 Å². The van der Waals surface area contributed by atoms with E-state index in [1.807, 2.05) is 4.90 Å². The summed E-state index contributed by atoms with van der Waals surface area (Å²) in [6.07, 6.45) is 5.19. The smallest absolute Gasteiger partial charge is 0.226 e. The van der Waals surface area contributed by atoms with Crippen LogP contribution < -0.4 is 5.32 Å². The molecule has 1 N–H and O–H groups in total. The van der Waals surface area contributed by atoms with Gasteiger partial charge < -0.3 is 15.0 Å². The summed E-state index contributed by atoms with van der Waals surface area (Å²) in [5.74, 6) is 0.785. The van der Waals surface area contributed by atoms with Crippen molar-refractivity contribution in [3.05, 3.63) is 0 Å². The zero-order valence-corrected chi connectivity index (χ0v) is 12.8. The summed E-state index contributed by atoms with van der Waals surface area (Å²) in [5.41, 5.74) is 0. The van der Waals surface area contributed by atoms with E-state index in [-0.39, 0.29) is 29.8 Å². The quantitative estimate of drug-likeness (QED) is 0.847. The summed E-state index contributed by atoms with van der Waals surface area (Å²) in [6.45, 7) is 5.36. The molecule has 3 fully saturated rings. The Morgan fingerprint density at radius 1 is 1.19 bits per heavy atom. The molecule has 0 bridgehead atoms. The first kappa shape index (κ1) is 14.8. The van der Waals surface area contributed by atoms with Gasteiger partial charge in [-0.05, 0) is 38.0 Å². The number of carbonyl (C=O) groups excluding carboxylic acids is 2. The van der Waals surface area contributed by atoms with Crippen molar-refractivity contribution >= 4 is 11.8 Å². The SMILES string of the molecule is CC1CCN(C(=O)C2CC2C(=O)NCC2CCCO2)CC1. The normalized spacial score (nSPS) is 33.0. The molecule has 0 radical (unpaired) electrons. The van der Waals surface area contributed by atoms with E-state index >= 15 is 0 Å². The van der Waals surface area contributed by atoms with E-state index in [2.05, 4.69) is 12.2 Å². The van der Waals surface area contributed by atoms with Crippen LogP contribution in [0, 0.1) is 17.8 Å². The zero-order chi connectivity index (χ0) is 14.8. The first-order valence-electron chi connectivity index (χ1n) is 8.33. The van der Waals surface area contributed by atoms with Gasteiger partial charge in [-0.2, -0.15) is 0 Å². The Bertz CT molecular complexity index is 398. The third-order valence-corrected chi connectivity index (χ3v) is 5.07. The van der Waals surface area contributed by atoms with Gasteiger partial charge in [0.15, 0.2) is 0 Å². The molecule has 0 aromatic rings. The highest BCUT2D eigenvalue weighted by molar-refractivity contribution is 5.92. The average Bonchev–Trinajstić information content (AvgIpc) is 3.12. The van der Waals surface area contributed by atoms with Crippen LogP contribution >= 0.6 is 0 Å². The number of hydrogen-bond donors (Lipinski definition) is 1. The molecule has 2 aliphatic heterocycles. The van der Waals surface area contributed by atoms with Crippen molar-refractivity contribution in [2.75, 3.05) is 26.2 Å². The molecule has 0 aromatic carbocycles. The average molecular weight is 294 g/mol. The lowest BCUT2D eigenvalue weighted by molar-refractivity contribution is -0.136. The predicted octanol–water partition coefficient (Wildman–Crippen LogP) is 1.18. The fourth-order valence-electron chi connectivity index (χ4n) is 3.37. The maximum Gasteiger partial charge on any atom is 0.226 e. The van der Waals surface area contributed by atoms with E-state index in [0.717, 1.165) is 57.7 Å². The van der Waals surface area contributed by atoms with Crippen molar-refractivity contribution in [1.82, 2.24) is 10.2 Å². The second-order valence-electron chi connectivity index (χ2n) is 6.84. The molecule has 1 aliphatic carbocycles. The van der Waals surface area contributed by atoms with Gasteiger partial charge in [-0.3, -0.25) is 9.59 Å². The molecule has 2 heterocycles. The van der Waals surface area contributed by atoms with Gasteiger partial charge in [0.25, 0.3) is 0 Å². The van der Waals surface area contributed by atoms with Gasteiger partial charge in [-0.1, -0.05) is 6.92 Å². The number of rotatable bonds is 4. The van der Waals surface area contributed by atoms with Crippen molar-refractivity contribution in [2.45, 2.75) is 45.1 Å². The van der Waals surface area contributed by atoms with Crippen LogP contribution in [-0.4, -0.2) is 49.1 Å². The monoisotopic (exact) mass is 294 g/mol. The molecule has 0 aromatic heterocycles. The van der Waals surface area contributed by atoms with Gasteiger partial charge in [0.2, 0.25) is 11.8 Å². The summed E-state index contributed by atoms with van der Waals surface area (Å²) in [6, 6.07) is 0.